The second kappa shape index (κ2) is 15.6. The molecule has 3 aromatic carbocycles. The number of alkyl carbamates (subject to hydrolysis) is 1. The van der Waals surface area contributed by atoms with E-state index in [4.69, 9.17) is 11.2 Å². The molecule has 0 aliphatic carbocycles. The largest absolute Gasteiger partial charge is 0.444 e. The smallest absolute Gasteiger partial charge is 0.408 e. The molecular formula is C38H49N3O4. The van der Waals surface area contributed by atoms with Crippen molar-refractivity contribution in [3.8, 4) is 12.3 Å². The van der Waals surface area contributed by atoms with Gasteiger partial charge in [-0.05, 0) is 93.0 Å². The number of hydrogen-bond donors (Lipinski definition) is 2. The lowest BCUT2D eigenvalue weighted by atomic mass is 9.93. The van der Waals surface area contributed by atoms with Crippen LogP contribution in [0.1, 0.15) is 91.8 Å². The molecule has 7 heteroatoms. The second-order valence-electron chi connectivity index (χ2n) is 13.3. The van der Waals surface area contributed by atoms with E-state index in [0.717, 1.165) is 17.2 Å². The maximum absolute atomic E-state index is 14.7. The van der Waals surface area contributed by atoms with Crippen LogP contribution < -0.4 is 10.6 Å². The van der Waals surface area contributed by atoms with Crippen molar-refractivity contribution in [3.05, 3.63) is 77.9 Å². The molecule has 0 saturated carbocycles. The molecule has 0 aliphatic heterocycles. The summed E-state index contributed by atoms with van der Waals surface area (Å²) < 4.78 is 5.55. The summed E-state index contributed by atoms with van der Waals surface area (Å²) in [4.78, 5) is 43.8. The summed E-state index contributed by atoms with van der Waals surface area (Å²) in [6, 6.07) is 18.6. The zero-order valence-electron chi connectivity index (χ0n) is 28.0. The van der Waals surface area contributed by atoms with Gasteiger partial charge >= 0.3 is 6.09 Å². The van der Waals surface area contributed by atoms with Crippen molar-refractivity contribution in [3.63, 3.8) is 0 Å². The topological polar surface area (TPSA) is 87.7 Å². The Labute approximate surface area is 269 Å². The van der Waals surface area contributed by atoms with Crippen molar-refractivity contribution in [2.24, 2.45) is 11.8 Å². The van der Waals surface area contributed by atoms with Crippen molar-refractivity contribution in [2.75, 3.05) is 5.32 Å². The predicted molar refractivity (Wildman–Crippen MR) is 183 cm³/mol. The van der Waals surface area contributed by atoms with Crippen LogP contribution in [-0.2, 0) is 14.3 Å². The highest BCUT2D eigenvalue weighted by Gasteiger charge is 2.40. The first-order valence-corrected chi connectivity index (χ1v) is 15.9. The number of nitrogens with zero attached hydrogens (tertiary/aromatic N) is 1. The van der Waals surface area contributed by atoms with Crippen molar-refractivity contribution in [1.82, 2.24) is 10.2 Å². The normalized spacial score (nSPS) is 14.1. The van der Waals surface area contributed by atoms with Crippen LogP contribution in [0, 0.1) is 24.2 Å². The zero-order chi connectivity index (χ0) is 33.3. The molecule has 0 heterocycles. The Bertz CT molecular complexity index is 1500. The van der Waals surface area contributed by atoms with Gasteiger partial charge < -0.3 is 20.3 Å². The van der Waals surface area contributed by atoms with Gasteiger partial charge in [-0.2, -0.15) is 0 Å². The lowest BCUT2D eigenvalue weighted by Gasteiger charge is -2.40. The molecule has 4 atom stereocenters. The molecule has 0 fully saturated rings. The average molecular weight is 612 g/mol. The summed E-state index contributed by atoms with van der Waals surface area (Å²) in [6.45, 7) is 15.5. The van der Waals surface area contributed by atoms with Crippen LogP contribution in [0.15, 0.2) is 66.7 Å². The van der Waals surface area contributed by atoms with E-state index in [1.54, 1.807) is 49.9 Å². The number of carbonyl (C=O) groups excluding carboxylic acids is 3. The van der Waals surface area contributed by atoms with E-state index in [9.17, 15) is 14.4 Å². The number of rotatable bonds is 12. The van der Waals surface area contributed by atoms with Crippen LogP contribution in [0.2, 0.25) is 0 Å². The second-order valence-corrected chi connectivity index (χ2v) is 13.3. The van der Waals surface area contributed by atoms with Gasteiger partial charge in [0, 0.05) is 17.3 Å². The van der Waals surface area contributed by atoms with Crippen LogP contribution in [0.4, 0.5) is 10.5 Å². The van der Waals surface area contributed by atoms with Crippen molar-refractivity contribution in [1.29, 1.82) is 0 Å². The molecular weight excluding hydrogens is 562 g/mol. The Morgan fingerprint density at radius 3 is 2.13 bits per heavy atom. The highest BCUT2D eigenvalue weighted by atomic mass is 16.6. The Balaban J connectivity index is 2.13. The number of carbonyl (C=O) groups is 3. The minimum Gasteiger partial charge on any atom is -0.444 e. The lowest BCUT2D eigenvalue weighted by molar-refractivity contribution is -0.144. The number of fused-ring (bicyclic) bond motifs is 1. The summed E-state index contributed by atoms with van der Waals surface area (Å²) in [7, 11) is 0. The van der Waals surface area contributed by atoms with Gasteiger partial charge in [-0.25, -0.2) is 4.79 Å². The molecule has 0 saturated heterocycles. The Morgan fingerprint density at radius 1 is 0.911 bits per heavy atom. The molecule has 240 valence electrons. The van der Waals surface area contributed by atoms with Gasteiger partial charge in [0.15, 0.2) is 0 Å². The highest BCUT2D eigenvalue weighted by molar-refractivity contribution is 6.00. The van der Waals surface area contributed by atoms with Crippen LogP contribution in [0.25, 0.3) is 10.8 Å². The third-order valence-corrected chi connectivity index (χ3v) is 7.98. The van der Waals surface area contributed by atoms with Crippen LogP contribution in [-0.4, -0.2) is 40.5 Å². The minimum absolute atomic E-state index is 0.224. The fraction of sp³-hybridized carbons (Fsp3) is 0.447. The van der Waals surface area contributed by atoms with Crippen LogP contribution in [0.3, 0.4) is 0 Å². The maximum Gasteiger partial charge on any atom is 0.408 e. The third-order valence-electron chi connectivity index (χ3n) is 7.98. The molecule has 0 bridgehead atoms. The van der Waals surface area contributed by atoms with Crippen molar-refractivity contribution < 1.29 is 19.1 Å². The van der Waals surface area contributed by atoms with Crippen molar-refractivity contribution in [2.45, 2.75) is 98.4 Å². The number of hydrogen-bond acceptors (Lipinski definition) is 4. The van der Waals surface area contributed by atoms with Gasteiger partial charge in [0.2, 0.25) is 5.91 Å². The molecule has 3 aromatic rings. The monoisotopic (exact) mass is 611 g/mol. The standard InChI is InChI=1S/C38H49N3O4/c1-10-26(5)33(40-37(44)45-38(7,8)9)36(43)41(27(6)17-16-25(3)4)34(30-20-18-28(11-2)19-21-30)35(42)39-32-23-22-29-14-12-13-15-31(29)24-32/h2,12-15,18-27,33-34H,10,16-17H2,1,3-9H3,(H,39,42)(H,40,44). The average Bonchev–Trinajstić information content (AvgIpc) is 2.99. The first-order chi connectivity index (χ1) is 21.2. The molecule has 3 amide bonds. The Hall–Kier alpha value is -4.31. The minimum atomic E-state index is -0.995. The van der Waals surface area contributed by atoms with Gasteiger partial charge in [-0.15, -0.1) is 6.42 Å². The summed E-state index contributed by atoms with van der Waals surface area (Å²) in [5.74, 6) is 2.10. The van der Waals surface area contributed by atoms with Crippen molar-refractivity contribution >= 4 is 34.4 Å². The van der Waals surface area contributed by atoms with Crippen LogP contribution in [0.5, 0.6) is 0 Å². The third kappa shape index (κ3) is 9.84. The molecule has 4 unspecified atom stereocenters. The van der Waals surface area contributed by atoms with Gasteiger partial charge in [-0.1, -0.05) is 82.5 Å². The SMILES string of the molecule is C#Cc1ccc(C(C(=O)Nc2ccc3ccccc3c2)N(C(=O)C(NC(=O)OC(C)(C)C)C(C)CC)C(C)CCC(C)C)cc1. The highest BCUT2D eigenvalue weighted by Crippen LogP contribution is 2.31. The molecule has 0 aromatic heterocycles. The van der Waals surface area contributed by atoms with Gasteiger partial charge in [-0.3, -0.25) is 9.59 Å². The lowest BCUT2D eigenvalue weighted by Crippen LogP contribution is -2.57. The van der Waals surface area contributed by atoms with E-state index in [1.165, 1.54) is 0 Å². The van der Waals surface area contributed by atoms with Gasteiger partial charge in [0.1, 0.15) is 17.7 Å². The first-order valence-electron chi connectivity index (χ1n) is 15.9. The summed E-state index contributed by atoms with van der Waals surface area (Å²) in [5, 5.41) is 7.98. The molecule has 0 aliphatic rings. The summed E-state index contributed by atoms with van der Waals surface area (Å²) in [6.07, 6.45) is 7.12. The predicted octanol–water partition coefficient (Wildman–Crippen LogP) is 8.09. The number of amides is 3. The fourth-order valence-electron chi connectivity index (χ4n) is 5.27. The molecule has 0 radical (unpaired) electrons. The molecule has 7 nitrogen and oxygen atoms in total. The zero-order valence-corrected chi connectivity index (χ0v) is 28.0. The number of anilines is 1. The number of ether oxygens (including phenoxy) is 1. The molecule has 3 rings (SSSR count). The number of terminal acetylenes is 1. The summed E-state index contributed by atoms with van der Waals surface area (Å²) >= 11 is 0. The summed E-state index contributed by atoms with van der Waals surface area (Å²) in [5.41, 5.74) is 1.18. The van der Waals surface area contributed by atoms with E-state index in [-0.39, 0.29) is 23.8 Å². The van der Waals surface area contributed by atoms with Gasteiger partial charge in [0.05, 0.1) is 0 Å². The van der Waals surface area contributed by atoms with E-state index in [0.29, 0.717) is 35.6 Å². The number of nitrogens with one attached hydrogen (secondary N) is 2. The maximum atomic E-state index is 14.7. The Kier molecular flexibility index (Phi) is 12.2. The van der Waals surface area contributed by atoms with Gasteiger partial charge in [0.25, 0.3) is 5.91 Å². The van der Waals surface area contributed by atoms with Crippen LogP contribution >= 0.6 is 0 Å². The molecule has 2 N–H and O–H groups in total. The number of benzene rings is 3. The van der Waals surface area contributed by atoms with E-state index in [2.05, 4.69) is 30.4 Å². The van der Waals surface area contributed by atoms with E-state index < -0.39 is 23.8 Å². The molecule has 45 heavy (non-hydrogen) atoms. The van der Waals surface area contributed by atoms with E-state index in [1.807, 2.05) is 63.2 Å². The quantitative estimate of drug-likeness (QED) is 0.203. The fourth-order valence-corrected chi connectivity index (χ4v) is 5.27. The van der Waals surface area contributed by atoms with E-state index >= 15 is 0 Å². The Morgan fingerprint density at radius 2 is 1.56 bits per heavy atom. The molecule has 0 spiro atoms. The first kappa shape index (κ1) is 35.2.